The van der Waals surface area contributed by atoms with Crippen molar-refractivity contribution in [3.05, 3.63) is 72.4 Å². The highest BCUT2D eigenvalue weighted by Crippen LogP contribution is 2.40. The van der Waals surface area contributed by atoms with Crippen LogP contribution in [0.5, 0.6) is 0 Å². The summed E-state index contributed by atoms with van der Waals surface area (Å²) in [4.78, 5) is 7.29. The fraction of sp³-hybridized carbons (Fsp3) is 0.300. The maximum atomic E-state index is 14.8. The number of benzene rings is 2. The van der Waals surface area contributed by atoms with Crippen LogP contribution in [0, 0.1) is 17.1 Å². The first-order valence-corrected chi connectivity index (χ1v) is 12.7. The molecule has 0 spiro atoms. The minimum Gasteiger partial charge on any atom is -0.343 e. The average molecular weight is 493 g/mol. The van der Waals surface area contributed by atoms with E-state index < -0.39 is 5.82 Å². The van der Waals surface area contributed by atoms with Crippen LogP contribution >= 0.6 is 0 Å². The highest BCUT2D eigenvalue weighted by molar-refractivity contribution is 6.02. The molecule has 186 valence electrons. The Balaban J connectivity index is 1.52. The SMILES string of the molecule is CN(C)C1CCC(n2ccc3c(-c4ccc(C#N)c(F)c4)c(-c4ccc5c(cnn5C)c4)ncc32)CC1. The average Bonchev–Trinajstić information content (AvgIpc) is 3.51. The molecule has 2 aromatic carbocycles. The molecule has 37 heavy (non-hydrogen) atoms. The Morgan fingerprint density at radius 3 is 2.49 bits per heavy atom. The summed E-state index contributed by atoms with van der Waals surface area (Å²) in [5, 5.41) is 15.7. The first-order chi connectivity index (χ1) is 17.9. The third kappa shape index (κ3) is 3.98. The fourth-order valence-electron chi connectivity index (χ4n) is 5.88. The third-order valence-electron chi connectivity index (χ3n) is 7.97. The van der Waals surface area contributed by atoms with Gasteiger partial charge in [0.05, 0.1) is 34.7 Å². The molecule has 0 N–H and O–H groups in total. The number of aromatic nitrogens is 4. The molecule has 0 bridgehead atoms. The molecule has 3 aromatic heterocycles. The molecule has 1 saturated carbocycles. The van der Waals surface area contributed by atoms with Crippen LogP contribution < -0.4 is 0 Å². The van der Waals surface area contributed by atoms with E-state index in [1.165, 1.54) is 18.9 Å². The van der Waals surface area contributed by atoms with E-state index in [4.69, 9.17) is 4.98 Å². The van der Waals surface area contributed by atoms with Gasteiger partial charge >= 0.3 is 0 Å². The van der Waals surface area contributed by atoms with Gasteiger partial charge < -0.3 is 9.47 Å². The van der Waals surface area contributed by atoms with E-state index in [9.17, 15) is 9.65 Å². The second kappa shape index (κ2) is 9.13. The van der Waals surface area contributed by atoms with Crippen molar-refractivity contribution in [2.24, 2.45) is 7.05 Å². The van der Waals surface area contributed by atoms with Gasteiger partial charge in [-0.25, -0.2) is 4.39 Å². The molecule has 3 heterocycles. The second-order valence-electron chi connectivity index (χ2n) is 10.3. The van der Waals surface area contributed by atoms with Crippen LogP contribution in [-0.2, 0) is 7.05 Å². The summed E-state index contributed by atoms with van der Waals surface area (Å²) < 4.78 is 19.0. The standard InChI is InChI=1S/C30H29FN6/c1-35(2)23-7-9-24(10-8-23)37-13-12-25-28(37)18-33-30(20-6-11-27-22(14-20)17-34-36(27)3)29(25)19-4-5-21(16-32)26(31)15-19/h4-6,11-15,17-18,23-24H,7-10H2,1-3H3. The molecule has 1 aliphatic rings. The quantitative estimate of drug-likeness (QED) is 0.295. The molecule has 0 atom stereocenters. The lowest BCUT2D eigenvalue weighted by Gasteiger charge is -2.33. The van der Waals surface area contributed by atoms with Gasteiger partial charge in [0.15, 0.2) is 0 Å². The molecular weight excluding hydrogens is 463 g/mol. The smallest absolute Gasteiger partial charge is 0.141 e. The lowest BCUT2D eigenvalue weighted by molar-refractivity contribution is 0.197. The molecule has 6 rings (SSSR count). The Bertz CT molecular complexity index is 1660. The number of fused-ring (bicyclic) bond motifs is 2. The van der Waals surface area contributed by atoms with Gasteiger partial charge in [0.2, 0.25) is 0 Å². The molecule has 1 fully saturated rings. The van der Waals surface area contributed by atoms with Crippen LogP contribution in [-0.4, -0.2) is 44.4 Å². The van der Waals surface area contributed by atoms with Crippen molar-refractivity contribution in [1.82, 2.24) is 24.2 Å². The number of rotatable bonds is 4. The van der Waals surface area contributed by atoms with Crippen molar-refractivity contribution < 1.29 is 4.39 Å². The zero-order chi connectivity index (χ0) is 25.7. The summed E-state index contributed by atoms with van der Waals surface area (Å²) in [6, 6.07) is 16.1. The summed E-state index contributed by atoms with van der Waals surface area (Å²) >= 11 is 0. The second-order valence-corrected chi connectivity index (χ2v) is 10.3. The molecule has 0 saturated heterocycles. The van der Waals surface area contributed by atoms with E-state index in [1.54, 1.807) is 6.07 Å². The molecular formula is C30H29FN6. The molecule has 1 aliphatic carbocycles. The van der Waals surface area contributed by atoms with Gasteiger partial charge in [-0.05, 0) is 75.7 Å². The van der Waals surface area contributed by atoms with Crippen molar-refractivity contribution in [2.75, 3.05) is 14.1 Å². The Hall–Kier alpha value is -4.02. The van der Waals surface area contributed by atoms with Gasteiger partial charge in [0, 0.05) is 47.2 Å². The molecule has 0 unspecified atom stereocenters. The Morgan fingerprint density at radius 2 is 1.76 bits per heavy atom. The fourth-order valence-corrected chi connectivity index (χ4v) is 5.88. The van der Waals surface area contributed by atoms with Crippen LogP contribution in [0.15, 0.2) is 61.1 Å². The lowest BCUT2D eigenvalue weighted by atomic mass is 9.90. The summed E-state index contributed by atoms with van der Waals surface area (Å²) in [7, 11) is 6.24. The maximum Gasteiger partial charge on any atom is 0.141 e. The van der Waals surface area contributed by atoms with Gasteiger partial charge in [-0.15, -0.1) is 0 Å². The van der Waals surface area contributed by atoms with Crippen molar-refractivity contribution in [1.29, 1.82) is 5.26 Å². The molecule has 0 aliphatic heterocycles. The predicted molar refractivity (Wildman–Crippen MR) is 145 cm³/mol. The van der Waals surface area contributed by atoms with Crippen molar-refractivity contribution in [3.8, 4) is 28.5 Å². The largest absolute Gasteiger partial charge is 0.343 e. The third-order valence-corrected chi connectivity index (χ3v) is 7.97. The summed E-state index contributed by atoms with van der Waals surface area (Å²) in [5.74, 6) is -0.521. The van der Waals surface area contributed by atoms with Gasteiger partial charge in [-0.3, -0.25) is 9.67 Å². The molecule has 5 aromatic rings. The Morgan fingerprint density at radius 1 is 0.973 bits per heavy atom. The van der Waals surface area contributed by atoms with E-state index in [2.05, 4.69) is 47.0 Å². The molecule has 7 heteroatoms. The van der Waals surface area contributed by atoms with E-state index in [0.29, 0.717) is 17.6 Å². The topological polar surface area (TPSA) is 62.7 Å². The predicted octanol–water partition coefficient (Wildman–Crippen LogP) is 6.31. The van der Waals surface area contributed by atoms with E-state index in [1.807, 2.05) is 48.4 Å². The number of pyridine rings is 1. The maximum absolute atomic E-state index is 14.8. The van der Waals surface area contributed by atoms with Crippen LogP contribution in [0.2, 0.25) is 0 Å². The van der Waals surface area contributed by atoms with E-state index in [-0.39, 0.29) is 5.56 Å². The van der Waals surface area contributed by atoms with Gasteiger partial charge in [-0.2, -0.15) is 10.4 Å². The van der Waals surface area contributed by atoms with Gasteiger partial charge in [-0.1, -0.05) is 12.1 Å². The normalized spacial score (nSPS) is 18.1. The summed E-state index contributed by atoms with van der Waals surface area (Å²) in [5.41, 5.74) is 5.46. The number of aryl methyl sites for hydroxylation is 1. The van der Waals surface area contributed by atoms with Crippen molar-refractivity contribution in [3.63, 3.8) is 0 Å². The number of nitrogens with zero attached hydrogens (tertiary/aromatic N) is 6. The van der Waals surface area contributed by atoms with Crippen molar-refractivity contribution >= 4 is 21.8 Å². The van der Waals surface area contributed by atoms with Crippen LogP contribution in [0.3, 0.4) is 0 Å². The van der Waals surface area contributed by atoms with E-state index >= 15 is 0 Å². The van der Waals surface area contributed by atoms with Crippen LogP contribution in [0.1, 0.15) is 37.3 Å². The molecule has 0 amide bonds. The lowest BCUT2D eigenvalue weighted by Crippen LogP contribution is -2.32. The minimum atomic E-state index is -0.521. The number of hydrogen-bond acceptors (Lipinski definition) is 4. The number of halogens is 1. The van der Waals surface area contributed by atoms with Crippen LogP contribution in [0.4, 0.5) is 4.39 Å². The number of nitriles is 1. The highest BCUT2D eigenvalue weighted by Gasteiger charge is 2.25. The van der Waals surface area contributed by atoms with Gasteiger partial charge in [0.25, 0.3) is 0 Å². The Labute approximate surface area is 215 Å². The monoisotopic (exact) mass is 492 g/mol. The van der Waals surface area contributed by atoms with Gasteiger partial charge in [0.1, 0.15) is 11.9 Å². The zero-order valence-corrected chi connectivity index (χ0v) is 21.3. The van der Waals surface area contributed by atoms with Crippen LogP contribution in [0.25, 0.3) is 44.2 Å². The summed E-state index contributed by atoms with van der Waals surface area (Å²) in [6.07, 6.45) is 10.5. The first-order valence-electron chi connectivity index (χ1n) is 12.7. The Kier molecular flexibility index (Phi) is 5.77. The van der Waals surface area contributed by atoms with E-state index in [0.717, 1.165) is 51.5 Å². The first kappa shape index (κ1) is 23.4. The highest BCUT2D eigenvalue weighted by atomic mass is 19.1. The zero-order valence-electron chi connectivity index (χ0n) is 21.3. The molecule has 0 radical (unpaired) electrons. The molecule has 6 nitrogen and oxygen atoms in total. The summed E-state index contributed by atoms with van der Waals surface area (Å²) in [6.45, 7) is 0. The minimum absolute atomic E-state index is 0.0393. The number of hydrogen-bond donors (Lipinski definition) is 0. The van der Waals surface area contributed by atoms with Crippen molar-refractivity contribution in [2.45, 2.75) is 37.8 Å².